The fourth-order valence-corrected chi connectivity index (χ4v) is 2.29. The molecule has 1 heterocycles. The van der Waals surface area contributed by atoms with E-state index in [4.69, 9.17) is 15.2 Å². The molecule has 3 N–H and O–H groups in total. The summed E-state index contributed by atoms with van der Waals surface area (Å²) in [6, 6.07) is 4.41. The highest BCUT2D eigenvalue weighted by molar-refractivity contribution is 5.95. The molecule has 1 aromatic carbocycles. The van der Waals surface area contributed by atoms with Crippen LogP contribution in [0.5, 0.6) is 11.5 Å². The van der Waals surface area contributed by atoms with E-state index < -0.39 is 6.03 Å². The van der Waals surface area contributed by atoms with Crippen molar-refractivity contribution in [3.05, 3.63) is 23.8 Å². The summed E-state index contributed by atoms with van der Waals surface area (Å²) in [5.74, 6) is 0.859. The molecular weight excluding hydrogens is 274 g/mol. The van der Waals surface area contributed by atoms with Gasteiger partial charge in [0, 0.05) is 30.8 Å². The number of hydrogen-bond donors (Lipinski definition) is 2. The van der Waals surface area contributed by atoms with E-state index in [-0.39, 0.29) is 11.9 Å². The van der Waals surface area contributed by atoms with Gasteiger partial charge in [-0.05, 0) is 18.6 Å². The van der Waals surface area contributed by atoms with E-state index in [1.807, 2.05) is 0 Å². The number of benzene rings is 1. The molecule has 0 aromatic heterocycles. The molecule has 3 amide bonds. The topological polar surface area (TPSA) is 93.9 Å². The van der Waals surface area contributed by atoms with Crippen molar-refractivity contribution in [1.82, 2.24) is 10.2 Å². The molecule has 0 bridgehead atoms. The van der Waals surface area contributed by atoms with Gasteiger partial charge >= 0.3 is 6.03 Å². The zero-order chi connectivity index (χ0) is 15.4. The molecule has 0 spiro atoms. The summed E-state index contributed by atoms with van der Waals surface area (Å²) < 4.78 is 10.3. The van der Waals surface area contributed by atoms with Crippen molar-refractivity contribution in [3.63, 3.8) is 0 Å². The minimum atomic E-state index is -0.463. The van der Waals surface area contributed by atoms with E-state index in [2.05, 4.69) is 5.32 Å². The maximum Gasteiger partial charge on any atom is 0.314 e. The molecule has 7 nitrogen and oxygen atoms in total. The Labute approximate surface area is 123 Å². The molecule has 1 fully saturated rings. The third-order valence-electron chi connectivity index (χ3n) is 3.45. The standard InChI is InChI=1S/C14H19N3O4/c1-20-11-5-9(6-12(7-11)21-2)13(18)16-10-3-4-17(8-10)14(15)19/h5-7,10H,3-4,8H2,1-2H3,(H2,15,19)(H,16,18)/t10-/m0/s1. The molecule has 0 unspecified atom stereocenters. The number of likely N-dealkylation sites (tertiary alicyclic amines) is 1. The van der Waals surface area contributed by atoms with Gasteiger partial charge in [0.05, 0.1) is 14.2 Å². The average Bonchev–Trinajstić information content (AvgIpc) is 2.95. The normalized spacial score (nSPS) is 17.4. The average molecular weight is 293 g/mol. The summed E-state index contributed by atoms with van der Waals surface area (Å²) in [5.41, 5.74) is 5.67. The number of nitrogens with one attached hydrogen (secondary N) is 1. The van der Waals surface area contributed by atoms with E-state index in [0.29, 0.717) is 36.6 Å². The Bertz CT molecular complexity index is 525. The second kappa shape index (κ2) is 6.34. The van der Waals surface area contributed by atoms with Crippen molar-refractivity contribution in [1.29, 1.82) is 0 Å². The lowest BCUT2D eigenvalue weighted by atomic mass is 10.1. The molecule has 1 aromatic rings. The van der Waals surface area contributed by atoms with Gasteiger partial charge in [0.1, 0.15) is 11.5 Å². The van der Waals surface area contributed by atoms with Crippen molar-refractivity contribution in [2.24, 2.45) is 5.73 Å². The minimum absolute atomic E-state index is 0.0952. The van der Waals surface area contributed by atoms with Gasteiger partial charge in [-0.3, -0.25) is 4.79 Å². The summed E-state index contributed by atoms with van der Waals surface area (Å²) in [7, 11) is 3.05. The fraction of sp³-hybridized carbons (Fsp3) is 0.429. The van der Waals surface area contributed by atoms with Gasteiger partial charge in [0.2, 0.25) is 0 Å². The highest BCUT2D eigenvalue weighted by Crippen LogP contribution is 2.22. The van der Waals surface area contributed by atoms with Crippen LogP contribution in [-0.4, -0.2) is 50.2 Å². The van der Waals surface area contributed by atoms with Crippen LogP contribution in [0.15, 0.2) is 18.2 Å². The van der Waals surface area contributed by atoms with Crippen molar-refractivity contribution in [3.8, 4) is 11.5 Å². The monoisotopic (exact) mass is 293 g/mol. The second-order valence-corrected chi connectivity index (χ2v) is 4.84. The molecule has 1 atom stereocenters. The van der Waals surface area contributed by atoms with Gasteiger partial charge in [-0.25, -0.2) is 4.79 Å². The summed E-state index contributed by atoms with van der Waals surface area (Å²) in [6.07, 6.45) is 0.690. The largest absolute Gasteiger partial charge is 0.497 e. The van der Waals surface area contributed by atoms with Crippen LogP contribution < -0.4 is 20.5 Å². The van der Waals surface area contributed by atoms with Gasteiger partial charge in [0.25, 0.3) is 5.91 Å². The lowest BCUT2D eigenvalue weighted by Gasteiger charge is -2.15. The van der Waals surface area contributed by atoms with Crippen LogP contribution >= 0.6 is 0 Å². The van der Waals surface area contributed by atoms with Crippen molar-refractivity contribution in [2.45, 2.75) is 12.5 Å². The summed E-state index contributed by atoms with van der Waals surface area (Å²) in [5, 5.41) is 2.88. The SMILES string of the molecule is COc1cc(OC)cc(C(=O)N[C@H]2CCN(C(N)=O)C2)c1. The maximum atomic E-state index is 12.3. The zero-order valence-corrected chi connectivity index (χ0v) is 12.1. The fourth-order valence-electron chi connectivity index (χ4n) is 2.29. The first-order valence-electron chi connectivity index (χ1n) is 6.61. The number of urea groups is 1. The van der Waals surface area contributed by atoms with E-state index in [1.54, 1.807) is 18.2 Å². The molecule has 0 radical (unpaired) electrons. The molecule has 1 aliphatic rings. The number of rotatable bonds is 4. The van der Waals surface area contributed by atoms with E-state index >= 15 is 0 Å². The van der Waals surface area contributed by atoms with E-state index in [0.717, 1.165) is 0 Å². The molecule has 1 saturated heterocycles. The van der Waals surface area contributed by atoms with Crippen LogP contribution in [0.25, 0.3) is 0 Å². The van der Waals surface area contributed by atoms with Gasteiger partial charge in [-0.1, -0.05) is 0 Å². The predicted octanol–water partition coefficient (Wildman–Crippen LogP) is 0.587. The summed E-state index contributed by atoms with van der Waals surface area (Å²) >= 11 is 0. The molecule has 0 saturated carbocycles. The van der Waals surface area contributed by atoms with E-state index in [9.17, 15) is 9.59 Å². The molecule has 2 rings (SSSR count). The highest BCUT2D eigenvalue weighted by Gasteiger charge is 2.26. The summed E-state index contributed by atoms with van der Waals surface area (Å²) in [4.78, 5) is 24.8. The highest BCUT2D eigenvalue weighted by atomic mass is 16.5. The molecule has 0 aliphatic carbocycles. The number of carbonyl (C=O) groups excluding carboxylic acids is 2. The second-order valence-electron chi connectivity index (χ2n) is 4.84. The minimum Gasteiger partial charge on any atom is -0.497 e. The number of nitrogens with zero attached hydrogens (tertiary/aromatic N) is 1. The molecule has 7 heteroatoms. The number of carbonyl (C=O) groups is 2. The van der Waals surface area contributed by atoms with Gasteiger partial charge in [-0.15, -0.1) is 0 Å². The Balaban J connectivity index is 2.05. The Morgan fingerprint density at radius 3 is 2.33 bits per heavy atom. The third-order valence-corrected chi connectivity index (χ3v) is 3.45. The molecular formula is C14H19N3O4. The van der Waals surface area contributed by atoms with Gasteiger partial charge in [0.15, 0.2) is 0 Å². The van der Waals surface area contributed by atoms with Crippen LogP contribution in [0.4, 0.5) is 4.79 Å². The molecule has 21 heavy (non-hydrogen) atoms. The first kappa shape index (κ1) is 15.0. The maximum absolute atomic E-state index is 12.3. The Kier molecular flexibility index (Phi) is 4.52. The van der Waals surface area contributed by atoms with E-state index in [1.165, 1.54) is 19.1 Å². The third kappa shape index (κ3) is 3.56. The Morgan fingerprint density at radius 1 is 1.24 bits per heavy atom. The van der Waals surface area contributed by atoms with Crippen molar-refractivity contribution < 1.29 is 19.1 Å². The lowest BCUT2D eigenvalue weighted by molar-refractivity contribution is 0.0937. The zero-order valence-electron chi connectivity index (χ0n) is 12.1. The number of nitrogens with two attached hydrogens (primary N) is 1. The number of hydrogen-bond acceptors (Lipinski definition) is 4. The molecule has 114 valence electrons. The Hall–Kier alpha value is -2.44. The number of primary amides is 1. The number of ether oxygens (including phenoxy) is 2. The van der Waals surface area contributed by atoms with Crippen LogP contribution in [0.1, 0.15) is 16.8 Å². The number of amides is 3. The van der Waals surface area contributed by atoms with Crippen LogP contribution in [0, 0.1) is 0 Å². The quantitative estimate of drug-likeness (QED) is 0.849. The van der Waals surface area contributed by atoms with Gasteiger partial charge in [-0.2, -0.15) is 0 Å². The van der Waals surface area contributed by atoms with Gasteiger partial charge < -0.3 is 25.4 Å². The Morgan fingerprint density at radius 2 is 1.86 bits per heavy atom. The lowest BCUT2D eigenvalue weighted by Crippen LogP contribution is -2.40. The van der Waals surface area contributed by atoms with Crippen molar-refractivity contribution in [2.75, 3.05) is 27.3 Å². The van der Waals surface area contributed by atoms with Crippen molar-refractivity contribution >= 4 is 11.9 Å². The predicted molar refractivity (Wildman–Crippen MR) is 76.6 cm³/mol. The first-order chi connectivity index (χ1) is 10.0. The molecule has 1 aliphatic heterocycles. The van der Waals surface area contributed by atoms with Crippen LogP contribution in [0.3, 0.4) is 0 Å². The number of methoxy groups -OCH3 is 2. The first-order valence-corrected chi connectivity index (χ1v) is 6.61. The van der Waals surface area contributed by atoms with Crippen LogP contribution in [-0.2, 0) is 0 Å². The smallest absolute Gasteiger partial charge is 0.314 e. The van der Waals surface area contributed by atoms with Crippen LogP contribution in [0.2, 0.25) is 0 Å². The summed E-state index contributed by atoms with van der Waals surface area (Å²) in [6.45, 7) is 0.990.